The van der Waals surface area contributed by atoms with Crippen molar-refractivity contribution in [2.75, 3.05) is 12.0 Å². The topological polar surface area (TPSA) is 89.2 Å². The minimum absolute atomic E-state index is 0.151. The molecular weight excluding hydrogens is 266 g/mol. The first-order chi connectivity index (χ1) is 8.85. The van der Waals surface area contributed by atoms with Gasteiger partial charge in [-0.3, -0.25) is 4.90 Å². The molecule has 0 fully saturated rings. The Bertz CT molecular complexity index is 567. The van der Waals surface area contributed by atoms with Crippen LogP contribution >= 0.6 is 11.6 Å². The third kappa shape index (κ3) is 2.44. The summed E-state index contributed by atoms with van der Waals surface area (Å²) in [6.07, 6.45) is 0. The lowest BCUT2D eigenvalue weighted by molar-refractivity contribution is 0.414. The van der Waals surface area contributed by atoms with Crippen LogP contribution in [-0.2, 0) is 0 Å². The maximum atomic E-state index is 6.23. The van der Waals surface area contributed by atoms with E-state index < -0.39 is 5.66 Å². The van der Waals surface area contributed by atoms with Gasteiger partial charge in [0.15, 0.2) is 0 Å². The number of methoxy groups -OCH3 is 1. The number of halogens is 1. The molecule has 6 nitrogen and oxygen atoms in total. The summed E-state index contributed by atoms with van der Waals surface area (Å²) in [5, 5.41) is 0.530. The molecule has 4 N–H and O–H groups in total. The highest BCUT2D eigenvalue weighted by Gasteiger charge is 2.34. The minimum Gasteiger partial charge on any atom is -0.497 e. The van der Waals surface area contributed by atoms with Crippen LogP contribution in [0.1, 0.15) is 13.8 Å². The van der Waals surface area contributed by atoms with E-state index in [1.165, 1.54) is 0 Å². The monoisotopic (exact) mass is 281 g/mol. The lowest BCUT2D eigenvalue weighted by atomic mass is 10.1. The SMILES string of the molecule is COc1ccc(Cl)c(N2C(N)=NC(N)=NC2(C)C)c1. The molecule has 0 spiro atoms. The zero-order chi connectivity index (χ0) is 14.2. The second-order valence-corrected chi connectivity index (χ2v) is 4.99. The number of ether oxygens (including phenoxy) is 1. The summed E-state index contributed by atoms with van der Waals surface area (Å²) in [4.78, 5) is 9.97. The van der Waals surface area contributed by atoms with Crippen molar-refractivity contribution >= 4 is 29.2 Å². The molecule has 1 aromatic carbocycles. The van der Waals surface area contributed by atoms with Gasteiger partial charge in [0.05, 0.1) is 17.8 Å². The van der Waals surface area contributed by atoms with E-state index in [-0.39, 0.29) is 11.9 Å². The molecule has 102 valence electrons. The van der Waals surface area contributed by atoms with Crippen molar-refractivity contribution in [2.24, 2.45) is 21.5 Å². The number of rotatable bonds is 2. The van der Waals surface area contributed by atoms with Crippen molar-refractivity contribution in [3.63, 3.8) is 0 Å². The molecule has 0 saturated heterocycles. The number of guanidine groups is 2. The third-order valence-electron chi connectivity index (χ3n) is 2.79. The fraction of sp³-hybridized carbons (Fsp3) is 0.333. The van der Waals surface area contributed by atoms with Crippen LogP contribution in [-0.4, -0.2) is 24.7 Å². The zero-order valence-corrected chi connectivity index (χ0v) is 11.8. The lowest BCUT2D eigenvalue weighted by Gasteiger charge is -2.38. The van der Waals surface area contributed by atoms with Crippen LogP contribution in [0.4, 0.5) is 5.69 Å². The Morgan fingerprint density at radius 3 is 2.58 bits per heavy atom. The van der Waals surface area contributed by atoms with Gasteiger partial charge in [0.2, 0.25) is 11.9 Å². The molecular formula is C12H16ClN5O. The van der Waals surface area contributed by atoms with E-state index in [0.29, 0.717) is 16.5 Å². The lowest BCUT2D eigenvalue weighted by Crippen LogP contribution is -2.54. The summed E-state index contributed by atoms with van der Waals surface area (Å²) in [5.41, 5.74) is 11.6. The smallest absolute Gasteiger partial charge is 0.220 e. The largest absolute Gasteiger partial charge is 0.497 e. The second-order valence-electron chi connectivity index (χ2n) is 4.59. The Labute approximate surface area is 116 Å². The summed E-state index contributed by atoms with van der Waals surface area (Å²) in [7, 11) is 1.59. The maximum Gasteiger partial charge on any atom is 0.220 e. The van der Waals surface area contributed by atoms with Gasteiger partial charge in [0, 0.05) is 6.07 Å². The number of nitrogens with zero attached hydrogens (tertiary/aromatic N) is 3. The number of hydrogen-bond acceptors (Lipinski definition) is 6. The molecule has 7 heteroatoms. The highest BCUT2D eigenvalue weighted by molar-refractivity contribution is 6.34. The minimum atomic E-state index is -0.675. The van der Waals surface area contributed by atoms with E-state index >= 15 is 0 Å². The van der Waals surface area contributed by atoms with Crippen LogP contribution in [0.5, 0.6) is 5.75 Å². The first-order valence-corrected chi connectivity index (χ1v) is 6.06. The van der Waals surface area contributed by atoms with Crippen molar-refractivity contribution in [2.45, 2.75) is 19.5 Å². The molecule has 0 aromatic heterocycles. The number of hydrogen-bond donors (Lipinski definition) is 2. The molecule has 0 saturated carbocycles. The van der Waals surface area contributed by atoms with Gasteiger partial charge in [-0.05, 0) is 26.0 Å². The van der Waals surface area contributed by atoms with Crippen LogP contribution in [0.15, 0.2) is 28.2 Å². The van der Waals surface area contributed by atoms with Gasteiger partial charge in [0.25, 0.3) is 0 Å². The molecule has 1 heterocycles. The molecule has 1 aromatic rings. The van der Waals surface area contributed by atoms with Crippen LogP contribution in [0.3, 0.4) is 0 Å². The van der Waals surface area contributed by atoms with Crippen LogP contribution < -0.4 is 21.1 Å². The van der Waals surface area contributed by atoms with E-state index in [2.05, 4.69) is 9.98 Å². The van der Waals surface area contributed by atoms with Crippen LogP contribution in [0.25, 0.3) is 0 Å². The van der Waals surface area contributed by atoms with Crippen molar-refractivity contribution in [3.8, 4) is 5.75 Å². The normalized spacial score (nSPS) is 17.8. The highest BCUT2D eigenvalue weighted by Crippen LogP contribution is 2.35. The molecule has 1 aliphatic rings. The van der Waals surface area contributed by atoms with E-state index in [9.17, 15) is 0 Å². The van der Waals surface area contributed by atoms with Crippen LogP contribution in [0, 0.1) is 0 Å². The second kappa shape index (κ2) is 4.62. The zero-order valence-electron chi connectivity index (χ0n) is 11.0. The molecule has 19 heavy (non-hydrogen) atoms. The molecule has 0 radical (unpaired) electrons. The standard InChI is InChI=1S/C12H16ClN5O/c1-12(2)17-10(14)16-11(15)18(12)9-6-7(19-3)4-5-8(9)13/h4-6H,1-3H3,(H4,14,15,16,17). The van der Waals surface area contributed by atoms with Crippen molar-refractivity contribution < 1.29 is 4.74 Å². The first-order valence-electron chi connectivity index (χ1n) is 5.68. The number of nitrogens with two attached hydrogens (primary N) is 2. The molecule has 1 aliphatic heterocycles. The van der Waals surface area contributed by atoms with Crippen LogP contribution in [0.2, 0.25) is 5.02 Å². The van der Waals surface area contributed by atoms with E-state index in [4.69, 9.17) is 27.8 Å². The fourth-order valence-electron chi connectivity index (χ4n) is 2.01. The quantitative estimate of drug-likeness (QED) is 0.860. The molecule has 0 atom stereocenters. The van der Waals surface area contributed by atoms with Gasteiger partial charge < -0.3 is 16.2 Å². The molecule has 0 unspecified atom stereocenters. The fourth-order valence-corrected chi connectivity index (χ4v) is 2.21. The summed E-state index contributed by atoms with van der Waals surface area (Å²) in [6, 6.07) is 5.29. The number of anilines is 1. The number of benzene rings is 1. The average Bonchev–Trinajstić information content (AvgIpc) is 2.29. The summed E-state index contributed by atoms with van der Waals surface area (Å²) < 4.78 is 5.20. The maximum absolute atomic E-state index is 6.23. The van der Waals surface area contributed by atoms with Crippen molar-refractivity contribution in [1.29, 1.82) is 0 Å². The molecule has 0 aliphatic carbocycles. The van der Waals surface area contributed by atoms with Gasteiger partial charge in [-0.15, -0.1) is 0 Å². The van der Waals surface area contributed by atoms with Gasteiger partial charge >= 0.3 is 0 Å². The van der Waals surface area contributed by atoms with E-state index in [0.717, 1.165) is 0 Å². The van der Waals surface area contributed by atoms with Crippen molar-refractivity contribution in [3.05, 3.63) is 23.2 Å². The first kappa shape index (κ1) is 13.5. The summed E-state index contributed by atoms with van der Waals surface area (Å²) in [5.74, 6) is 1.07. The Morgan fingerprint density at radius 1 is 1.32 bits per heavy atom. The van der Waals surface area contributed by atoms with Gasteiger partial charge in [-0.2, -0.15) is 4.99 Å². The predicted octanol–water partition coefficient (Wildman–Crippen LogP) is 1.53. The average molecular weight is 282 g/mol. The third-order valence-corrected chi connectivity index (χ3v) is 3.11. The Hall–Kier alpha value is -1.95. The Morgan fingerprint density at radius 2 is 2.00 bits per heavy atom. The van der Waals surface area contributed by atoms with Crippen molar-refractivity contribution in [1.82, 2.24) is 0 Å². The molecule has 0 bridgehead atoms. The van der Waals surface area contributed by atoms with E-state index in [1.54, 1.807) is 30.2 Å². The molecule has 2 rings (SSSR count). The van der Waals surface area contributed by atoms with Gasteiger partial charge in [-0.25, -0.2) is 4.99 Å². The predicted molar refractivity (Wildman–Crippen MR) is 77.8 cm³/mol. The van der Waals surface area contributed by atoms with Gasteiger partial charge in [0.1, 0.15) is 11.4 Å². The summed E-state index contributed by atoms with van der Waals surface area (Å²) in [6.45, 7) is 3.74. The van der Waals surface area contributed by atoms with E-state index in [1.807, 2.05) is 13.8 Å². The Kier molecular flexibility index (Phi) is 3.28. The Balaban J connectivity index is 2.55. The van der Waals surface area contributed by atoms with Gasteiger partial charge in [-0.1, -0.05) is 11.6 Å². The summed E-state index contributed by atoms with van der Waals surface area (Å²) >= 11 is 6.23. The number of aliphatic imine (C=N–C) groups is 2. The molecule has 0 amide bonds. The highest BCUT2D eigenvalue weighted by atomic mass is 35.5.